The van der Waals surface area contributed by atoms with Gasteiger partial charge in [-0.3, -0.25) is 0 Å². The zero-order valence-electron chi connectivity index (χ0n) is 20.7. The molecule has 5 rings (SSSR count). The minimum absolute atomic E-state index is 0.0472. The van der Waals surface area contributed by atoms with Crippen LogP contribution in [0.1, 0.15) is 29.6 Å². The number of hydrogen-bond acceptors (Lipinski definition) is 4. The van der Waals surface area contributed by atoms with E-state index >= 15 is 0 Å². The van der Waals surface area contributed by atoms with Gasteiger partial charge in [0.2, 0.25) is 0 Å². The number of carbonyl (C=O) groups excluding carboxylic acids is 2. The van der Waals surface area contributed by atoms with Crippen molar-refractivity contribution in [2.24, 2.45) is 5.73 Å². The maximum atomic E-state index is 13.4. The van der Waals surface area contributed by atoms with Crippen molar-refractivity contribution in [2.75, 3.05) is 42.1 Å². The van der Waals surface area contributed by atoms with Crippen LogP contribution in [-0.2, 0) is 0 Å². The Morgan fingerprint density at radius 1 is 1.08 bits per heavy atom. The summed E-state index contributed by atoms with van der Waals surface area (Å²) < 4.78 is 4.40. The molecule has 2 aliphatic rings. The Bertz CT molecular complexity index is 1320. The fraction of sp³-hybridized carbons (Fsp3) is 0.423. The van der Waals surface area contributed by atoms with Crippen LogP contribution in [0.3, 0.4) is 0 Å². The number of carbonyl (C=O) groups is 2. The third-order valence-corrected chi connectivity index (χ3v) is 13.9. The number of likely N-dealkylation sites (N-methyl/N-ethyl adjacent to an activating group) is 1. The second-order valence-electron chi connectivity index (χ2n) is 9.56. The second-order valence-corrected chi connectivity index (χ2v) is 15.9. The monoisotopic (exact) mass is 656 g/mol. The van der Waals surface area contributed by atoms with Crippen LogP contribution in [0.4, 0.5) is 4.79 Å². The van der Waals surface area contributed by atoms with Crippen molar-refractivity contribution in [3.05, 3.63) is 52.0 Å². The Morgan fingerprint density at radius 3 is 2.62 bits per heavy atom. The molecule has 2 aromatic carbocycles. The van der Waals surface area contributed by atoms with Crippen molar-refractivity contribution in [2.45, 2.75) is 25.3 Å². The molecule has 8 nitrogen and oxygen atoms in total. The van der Waals surface area contributed by atoms with Crippen molar-refractivity contribution in [1.29, 1.82) is 0 Å². The fourth-order valence-electron chi connectivity index (χ4n) is 4.97. The molecule has 0 unspecified atom stereocenters. The van der Waals surface area contributed by atoms with Crippen LogP contribution in [0.25, 0.3) is 22.4 Å². The molecule has 0 spiro atoms. The summed E-state index contributed by atoms with van der Waals surface area (Å²) in [5.41, 5.74) is 8.61. The summed E-state index contributed by atoms with van der Waals surface area (Å²) in [4.78, 5) is 34.0. The Kier molecular flexibility index (Phi) is 8.13. The van der Waals surface area contributed by atoms with Crippen LogP contribution in [0, 0.1) is 0 Å². The van der Waals surface area contributed by atoms with E-state index in [9.17, 15) is 9.59 Å². The number of rotatable bonds is 4. The van der Waals surface area contributed by atoms with Gasteiger partial charge in [0.05, 0.1) is 0 Å². The van der Waals surface area contributed by atoms with Gasteiger partial charge in [0, 0.05) is 0 Å². The predicted octanol–water partition coefficient (Wildman–Crippen LogP) is 4.89. The standard InChI is InChI=1S/C26H31Cl2IN6O2/c1-33-12-3-13-34(15-14-33)25(36)17-6-7-22-21(16-17)32-24(19-4-2-5-20(27)23(19)28)35(22)29-10-8-18(9-11-29)31-26(30)37/h2,4-7,16,18H,3,8-15H2,1H3,(H3,30,31,37). The van der Waals surface area contributed by atoms with Gasteiger partial charge in [0.25, 0.3) is 0 Å². The van der Waals surface area contributed by atoms with Crippen molar-refractivity contribution >= 4 is 66.3 Å². The topological polar surface area (TPSA) is 96.5 Å². The van der Waals surface area contributed by atoms with Gasteiger partial charge in [0.15, 0.2) is 0 Å². The first-order chi connectivity index (χ1) is 17.8. The molecule has 2 fully saturated rings. The molecule has 3 amide bonds. The van der Waals surface area contributed by atoms with Crippen LogP contribution in [0.15, 0.2) is 36.4 Å². The van der Waals surface area contributed by atoms with Crippen molar-refractivity contribution < 1.29 is 9.59 Å². The Hall–Kier alpha value is -2.08. The molecular formula is C26H31Cl2IN6O2. The molecule has 2 saturated heterocycles. The van der Waals surface area contributed by atoms with Gasteiger partial charge in [0.1, 0.15) is 0 Å². The number of primary amides is 1. The van der Waals surface area contributed by atoms with E-state index < -0.39 is 26.1 Å². The van der Waals surface area contributed by atoms with Gasteiger partial charge in [-0.15, -0.1) is 0 Å². The van der Waals surface area contributed by atoms with Gasteiger partial charge >= 0.3 is 235 Å². The number of nitrogens with zero attached hydrogens (tertiary/aromatic N) is 4. The average molecular weight is 657 g/mol. The first-order valence-electron chi connectivity index (χ1n) is 12.4. The van der Waals surface area contributed by atoms with E-state index in [0.29, 0.717) is 15.6 Å². The average Bonchev–Trinajstić information content (AvgIpc) is 3.11. The van der Waals surface area contributed by atoms with E-state index in [2.05, 4.69) is 20.0 Å². The van der Waals surface area contributed by atoms with Crippen LogP contribution in [0.5, 0.6) is 0 Å². The normalized spacial score (nSPS) is 18.7. The molecule has 198 valence electrons. The van der Waals surface area contributed by atoms with Crippen LogP contribution >= 0.6 is 43.3 Å². The third-order valence-electron chi connectivity index (χ3n) is 6.98. The van der Waals surface area contributed by atoms with Crippen LogP contribution < -0.4 is 11.1 Å². The summed E-state index contributed by atoms with van der Waals surface area (Å²) in [6.45, 7) is 3.36. The number of nitrogens with one attached hydrogen (secondary N) is 1. The number of imidazole rings is 1. The second kappa shape index (κ2) is 11.3. The van der Waals surface area contributed by atoms with Gasteiger partial charge in [-0.1, -0.05) is 0 Å². The molecule has 1 aromatic heterocycles. The summed E-state index contributed by atoms with van der Waals surface area (Å²) in [6, 6.07) is 11.1. The number of nitrogens with two attached hydrogens (primary N) is 1. The van der Waals surface area contributed by atoms with E-state index in [-0.39, 0.29) is 11.9 Å². The predicted molar refractivity (Wildman–Crippen MR) is 158 cm³/mol. The van der Waals surface area contributed by atoms with E-state index in [0.717, 1.165) is 76.7 Å². The molecule has 3 aromatic rings. The SMILES string of the molecule is CN1CCCN(C(=O)c2ccc3c(c2)nc(-c2cccc(Cl)c2Cl)n3I2CCC(NC(N)=O)CC2)CC1. The Labute approximate surface area is 234 Å². The molecular weight excluding hydrogens is 626 g/mol. The summed E-state index contributed by atoms with van der Waals surface area (Å²) in [5, 5.41) is 3.82. The summed E-state index contributed by atoms with van der Waals surface area (Å²) in [7, 11) is 2.09. The number of hydrogen-bond donors (Lipinski definition) is 2. The van der Waals surface area contributed by atoms with Crippen LogP contribution in [-0.4, -0.2) is 77.6 Å². The molecule has 11 heteroatoms. The zero-order valence-corrected chi connectivity index (χ0v) is 24.4. The van der Waals surface area contributed by atoms with Gasteiger partial charge in [-0.25, -0.2) is 0 Å². The summed E-state index contributed by atoms with van der Waals surface area (Å²) >= 11 is 11.3. The molecule has 2 aliphatic heterocycles. The Morgan fingerprint density at radius 2 is 1.86 bits per heavy atom. The number of aromatic nitrogens is 2. The summed E-state index contributed by atoms with van der Waals surface area (Å²) in [5.74, 6) is 0.848. The third kappa shape index (κ3) is 5.69. The number of fused-ring (bicyclic) bond motifs is 1. The van der Waals surface area contributed by atoms with E-state index in [1.807, 2.05) is 35.2 Å². The molecule has 0 atom stereocenters. The maximum absolute atomic E-state index is 13.4. The molecule has 0 aliphatic carbocycles. The molecule has 3 heterocycles. The van der Waals surface area contributed by atoms with Crippen molar-refractivity contribution in [3.8, 4) is 11.4 Å². The minimum atomic E-state index is -1.75. The van der Waals surface area contributed by atoms with Gasteiger partial charge < -0.3 is 0 Å². The number of alkyl halides is 2. The van der Waals surface area contributed by atoms with E-state index in [1.165, 1.54) is 0 Å². The van der Waals surface area contributed by atoms with E-state index in [1.54, 1.807) is 6.07 Å². The molecule has 0 bridgehead atoms. The molecule has 0 radical (unpaired) electrons. The summed E-state index contributed by atoms with van der Waals surface area (Å²) in [6.07, 6.45) is 2.74. The fourth-order valence-corrected chi connectivity index (χ4v) is 12.0. The number of urea groups is 1. The number of amides is 3. The quantitative estimate of drug-likeness (QED) is 0.309. The molecule has 0 saturated carbocycles. The zero-order chi connectivity index (χ0) is 26.1. The van der Waals surface area contributed by atoms with Crippen molar-refractivity contribution in [3.63, 3.8) is 0 Å². The Balaban J connectivity index is 1.52. The van der Waals surface area contributed by atoms with E-state index in [4.69, 9.17) is 33.9 Å². The van der Waals surface area contributed by atoms with Gasteiger partial charge in [-0.05, 0) is 0 Å². The molecule has 3 N–H and O–H groups in total. The van der Waals surface area contributed by atoms with Crippen LogP contribution in [0.2, 0.25) is 10.0 Å². The number of benzene rings is 2. The number of halogens is 3. The molecule has 37 heavy (non-hydrogen) atoms. The van der Waals surface area contributed by atoms with Gasteiger partial charge in [-0.2, -0.15) is 0 Å². The van der Waals surface area contributed by atoms with Crippen molar-refractivity contribution in [1.82, 2.24) is 22.9 Å². The first kappa shape index (κ1) is 26.5. The first-order valence-corrected chi connectivity index (χ1v) is 17.2.